The highest BCUT2D eigenvalue weighted by Crippen LogP contribution is 2.27. The molecule has 0 bridgehead atoms. The molecule has 1 aromatic heterocycles. The normalized spacial score (nSPS) is 12.0. The summed E-state index contributed by atoms with van der Waals surface area (Å²) in [6.07, 6.45) is -3.39. The van der Waals surface area contributed by atoms with E-state index in [1.807, 2.05) is 11.9 Å². The van der Waals surface area contributed by atoms with E-state index in [1.54, 1.807) is 24.3 Å². The first-order chi connectivity index (χ1) is 10.8. The molecule has 0 fully saturated rings. The zero-order valence-corrected chi connectivity index (χ0v) is 12.9. The lowest BCUT2D eigenvalue weighted by Crippen LogP contribution is -2.20. The summed E-state index contributed by atoms with van der Waals surface area (Å²) >= 11 is 4.74. The second-order valence-electron chi connectivity index (χ2n) is 4.64. The van der Waals surface area contributed by atoms with E-state index in [2.05, 4.69) is 15.3 Å². The average Bonchev–Trinajstić information content (AvgIpc) is 2.87. The van der Waals surface area contributed by atoms with Crippen LogP contribution >= 0.6 is 12.2 Å². The van der Waals surface area contributed by atoms with Gasteiger partial charge in [0, 0.05) is 19.3 Å². The summed E-state index contributed by atoms with van der Waals surface area (Å²) in [5, 5.41) is 17.8. The number of halogens is 3. The third kappa shape index (κ3) is 4.17. The number of hydrogen-bond acceptors (Lipinski definition) is 5. The van der Waals surface area contributed by atoms with E-state index in [1.165, 1.54) is 6.21 Å². The van der Waals surface area contributed by atoms with Crippen LogP contribution in [0.15, 0.2) is 29.4 Å². The predicted octanol–water partition coefficient (Wildman–Crippen LogP) is 2.27. The molecule has 0 atom stereocenters. The Hall–Kier alpha value is -2.20. The lowest BCUT2D eigenvalue weighted by atomic mass is 10.2. The molecule has 0 radical (unpaired) electrons. The smallest absolute Gasteiger partial charge is 0.395 e. The van der Waals surface area contributed by atoms with Gasteiger partial charge >= 0.3 is 6.18 Å². The third-order valence-electron chi connectivity index (χ3n) is 3.00. The van der Waals surface area contributed by atoms with Crippen molar-refractivity contribution in [2.45, 2.75) is 6.18 Å². The van der Waals surface area contributed by atoms with Gasteiger partial charge in [-0.3, -0.25) is 0 Å². The molecule has 0 spiro atoms. The Morgan fingerprint density at radius 2 is 2.04 bits per heavy atom. The van der Waals surface area contributed by atoms with Gasteiger partial charge in [0.1, 0.15) is 0 Å². The molecule has 0 saturated carbocycles. The highest BCUT2D eigenvalue weighted by Gasteiger charge is 2.37. The van der Waals surface area contributed by atoms with Gasteiger partial charge in [0.05, 0.1) is 12.8 Å². The molecule has 0 amide bonds. The minimum Gasteiger partial charge on any atom is -0.395 e. The molecule has 23 heavy (non-hydrogen) atoms. The van der Waals surface area contributed by atoms with Crippen LogP contribution in [0.3, 0.4) is 0 Å². The minimum absolute atomic E-state index is 0.0265. The van der Waals surface area contributed by atoms with Gasteiger partial charge in [-0.25, -0.2) is 5.10 Å². The van der Waals surface area contributed by atoms with Crippen LogP contribution in [0.5, 0.6) is 0 Å². The SMILES string of the molecule is CN(CCO)c1ccc(/C=N\n2c(C(F)(F)F)n[nH]c2=S)cc1. The van der Waals surface area contributed by atoms with Gasteiger partial charge in [0.2, 0.25) is 4.77 Å². The fourth-order valence-corrected chi connectivity index (χ4v) is 1.98. The van der Waals surface area contributed by atoms with Gasteiger partial charge in [-0.05, 0) is 29.9 Å². The molecule has 0 aliphatic rings. The lowest BCUT2D eigenvalue weighted by molar-refractivity contribution is -0.147. The van der Waals surface area contributed by atoms with E-state index in [4.69, 9.17) is 17.3 Å². The fourth-order valence-electron chi connectivity index (χ4n) is 1.80. The summed E-state index contributed by atoms with van der Waals surface area (Å²) in [4.78, 5) is 1.84. The summed E-state index contributed by atoms with van der Waals surface area (Å²) in [5.41, 5.74) is 1.47. The van der Waals surface area contributed by atoms with Crippen LogP contribution in [0.4, 0.5) is 18.9 Å². The first-order valence-corrected chi connectivity index (χ1v) is 6.95. The number of benzene rings is 1. The van der Waals surface area contributed by atoms with Crippen molar-refractivity contribution in [1.82, 2.24) is 14.9 Å². The van der Waals surface area contributed by atoms with Crippen molar-refractivity contribution in [2.75, 3.05) is 25.1 Å². The number of rotatable bonds is 5. The number of aliphatic hydroxyl groups excluding tert-OH is 1. The molecule has 0 unspecified atom stereocenters. The number of alkyl halides is 3. The first-order valence-electron chi connectivity index (χ1n) is 6.54. The van der Waals surface area contributed by atoms with E-state index >= 15 is 0 Å². The first kappa shape index (κ1) is 17.2. The molecular weight excluding hydrogens is 331 g/mol. The largest absolute Gasteiger partial charge is 0.453 e. The fraction of sp³-hybridized carbons (Fsp3) is 0.308. The van der Waals surface area contributed by atoms with E-state index in [0.717, 1.165) is 5.69 Å². The van der Waals surface area contributed by atoms with Crippen molar-refractivity contribution < 1.29 is 18.3 Å². The summed E-state index contributed by atoms with van der Waals surface area (Å²) < 4.78 is 38.5. The lowest BCUT2D eigenvalue weighted by Gasteiger charge is -2.17. The molecule has 2 aromatic rings. The number of anilines is 1. The Bertz CT molecular complexity index is 735. The zero-order valence-electron chi connectivity index (χ0n) is 12.1. The molecule has 10 heteroatoms. The highest BCUT2D eigenvalue weighted by molar-refractivity contribution is 7.71. The second kappa shape index (κ2) is 6.92. The van der Waals surface area contributed by atoms with Gasteiger partial charge in [-0.2, -0.15) is 22.9 Å². The molecule has 0 aliphatic carbocycles. The summed E-state index contributed by atoms with van der Waals surface area (Å²) in [6, 6.07) is 6.94. The quantitative estimate of drug-likeness (QED) is 0.644. The zero-order chi connectivity index (χ0) is 17.0. The summed E-state index contributed by atoms with van der Waals surface area (Å²) in [7, 11) is 1.82. The van der Waals surface area contributed by atoms with Crippen molar-refractivity contribution >= 4 is 24.1 Å². The van der Waals surface area contributed by atoms with Gasteiger partial charge in [-0.15, -0.1) is 5.10 Å². The van der Waals surface area contributed by atoms with E-state index in [9.17, 15) is 13.2 Å². The van der Waals surface area contributed by atoms with Crippen LogP contribution in [0.2, 0.25) is 0 Å². The molecule has 2 rings (SSSR count). The van der Waals surface area contributed by atoms with Gasteiger partial charge in [-0.1, -0.05) is 12.1 Å². The average molecular weight is 345 g/mol. The Morgan fingerprint density at radius 1 is 1.39 bits per heavy atom. The predicted molar refractivity (Wildman–Crippen MR) is 82.2 cm³/mol. The molecule has 0 saturated heterocycles. The Morgan fingerprint density at radius 3 is 2.61 bits per heavy atom. The van der Waals surface area contributed by atoms with Crippen molar-refractivity contribution in [3.05, 3.63) is 40.4 Å². The molecule has 1 aromatic carbocycles. The van der Waals surface area contributed by atoms with Crippen LogP contribution in [0.25, 0.3) is 0 Å². The third-order valence-corrected chi connectivity index (χ3v) is 3.26. The van der Waals surface area contributed by atoms with E-state index < -0.39 is 12.0 Å². The number of nitrogens with zero attached hydrogens (tertiary/aromatic N) is 4. The highest BCUT2D eigenvalue weighted by atomic mass is 32.1. The number of likely N-dealkylation sites (N-methyl/N-ethyl adjacent to an activating group) is 1. The minimum atomic E-state index is -4.65. The molecule has 2 N–H and O–H groups in total. The van der Waals surface area contributed by atoms with E-state index in [-0.39, 0.29) is 11.4 Å². The van der Waals surface area contributed by atoms with Crippen molar-refractivity contribution in [1.29, 1.82) is 0 Å². The topological polar surface area (TPSA) is 69.4 Å². The van der Waals surface area contributed by atoms with Crippen molar-refractivity contribution in [2.24, 2.45) is 5.10 Å². The Labute approximate surface area is 134 Å². The van der Waals surface area contributed by atoms with Crippen LogP contribution < -0.4 is 4.90 Å². The van der Waals surface area contributed by atoms with Crippen molar-refractivity contribution in [3.8, 4) is 0 Å². The van der Waals surface area contributed by atoms with Gasteiger partial charge in [0.15, 0.2) is 0 Å². The number of aromatic amines is 1. The van der Waals surface area contributed by atoms with E-state index in [0.29, 0.717) is 16.8 Å². The monoisotopic (exact) mass is 345 g/mol. The van der Waals surface area contributed by atoms with Gasteiger partial charge in [0.25, 0.3) is 5.82 Å². The van der Waals surface area contributed by atoms with Gasteiger partial charge < -0.3 is 10.0 Å². The number of hydrogen-bond donors (Lipinski definition) is 2. The van der Waals surface area contributed by atoms with Crippen LogP contribution in [-0.4, -0.2) is 46.4 Å². The summed E-state index contributed by atoms with van der Waals surface area (Å²) in [5.74, 6) is -1.21. The molecule has 6 nitrogen and oxygen atoms in total. The molecule has 1 heterocycles. The van der Waals surface area contributed by atoms with Crippen LogP contribution in [-0.2, 0) is 6.18 Å². The number of aromatic nitrogens is 3. The van der Waals surface area contributed by atoms with Crippen molar-refractivity contribution in [3.63, 3.8) is 0 Å². The van der Waals surface area contributed by atoms with Crippen LogP contribution in [0.1, 0.15) is 11.4 Å². The van der Waals surface area contributed by atoms with Crippen LogP contribution in [0, 0.1) is 4.77 Å². The maximum atomic E-state index is 12.8. The standard InChI is InChI=1S/C13H14F3N5OS/c1-20(6-7-22)10-4-2-9(3-5-10)8-17-21-11(13(14,15)16)18-19-12(21)23/h2-5,8,22H,6-7H2,1H3,(H,19,23)/b17-8-. The molecule has 0 aliphatic heterocycles. The molecular formula is C13H14F3N5OS. The number of nitrogens with one attached hydrogen (secondary N) is 1. The maximum absolute atomic E-state index is 12.8. The second-order valence-corrected chi connectivity index (χ2v) is 5.03. The Kier molecular flexibility index (Phi) is 5.16. The summed E-state index contributed by atoms with van der Waals surface area (Å²) in [6.45, 7) is 0.505. The molecule has 124 valence electrons. The Balaban J connectivity index is 2.22. The number of H-pyrrole nitrogens is 1. The number of aliphatic hydroxyl groups is 1. The maximum Gasteiger partial charge on any atom is 0.453 e.